The predicted molar refractivity (Wildman–Crippen MR) is 103 cm³/mol. The maximum absolute atomic E-state index is 4.64. The first kappa shape index (κ1) is 18.5. The first-order chi connectivity index (χ1) is 10.5. The molecule has 2 heterocycles. The SMILES string of the molecule is CN=C(NCC1(C)CC1)NC1CCc2nc(C(C)C)nn2C1.I. The van der Waals surface area contributed by atoms with E-state index in [2.05, 4.69) is 51.2 Å². The molecule has 0 amide bonds. The van der Waals surface area contributed by atoms with E-state index in [1.165, 1.54) is 12.8 Å². The number of hydrogen-bond acceptors (Lipinski definition) is 3. The molecular weight excluding hydrogens is 403 g/mol. The van der Waals surface area contributed by atoms with Gasteiger partial charge in [0.25, 0.3) is 0 Å². The van der Waals surface area contributed by atoms with Crippen molar-refractivity contribution in [2.75, 3.05) is 13.6 Å². The molecule has 3 rings (SSSR count). The van der Waals surface area contributed by atoms with Crippen molar-refractivity contribution in [3.05, 3.63) is 11.6 Å². The number of fused-ring (bicyclic) bond motifs is 1. The van der Waals surface area contributed by atoms with Gasteiger partial charge in [0, 0.05) is 32.0 Å². The second kappa shape index (κ2) is 7.36. The van der Waals surface area contributed by atoms with Gasteiger partial charge >= 0.3 is 0 Å². The summed E-state index contributed by atoms with van der Waals surface area (Å²) in [5.74, 6) is 3.37. The standard InChI is InChI=1S/C16H28N6.HI/c1-11(2)14-20-13-6-5-12(9-22(13)21-14)19-15(17-4)18-10-16(3)7-8-16;/h11-12H,5-10H2,1-4H3,(H2,17,18,19);1H. The topological polar surface area (TPSA) is 67.1 Å². The molecule has 0 bridgehead atoms. The summed E-state index contributed by atoms with van der Waals surface area (Å²) in [5.41, 5.74) is 0.482. The zero-order valence-electron chi connectivity index (χ0n) is 14.6. The van der Waals surface area contributed by atoms with Gasteiger partial charge in [-0.3, -0.25) is 4.99 Å². The number of hydrogen-bond donors (Lipinski definition) is 2. The fourth-order valence-electron chi connectivity index (χ4n) is 2.77. The van der Waals surface area contributed by atoms with Gasteiger partial charge in [-0.1, -0.05) is 20.8 Å². The molecule has 1 unspecified atom stereocenters. The molecule has 7 heteroatoms. The third kappa shape index (κ3) is 4.58. The van der Waals surface area contributed by atoms with Crippen LogP contribution in [-0.2, 0) is 13.0 Å². The van der Waals surface area contributed by atoms with Crippen LogP contribution in [0.25, 0.3) is 0 Å². The summed E-state index contributed by atoms with van der Waals surface area (Å²) in [5, 5.41) is 11.6. The number of aromatic nitrogens is 3. The van der Waals surface area contributed by atoms with Crippen LogP contribution in [0, 0.1) is 5.41 Å². The fourth-order valence-corrected chi connectivity index (χ4v) is 2.77. The summed E-state index contributed by atoms with van der Waals surface area (Å²) >= 11 is 0. The Hall–Kier alpha value is -0.860. The lowest BCUT2D eigenvalue weighted by Gasteiger charge is -2.26. The minimum Gasteiger partial charge on any atom is -0.356 e. The Morgan fingerprint density at radius 2 is 2.17 bits per heavy atom. The molecule has 0 radical (unpaired) electrons. The molecule has 0 aromatic carbocycles. The van der Waals surface area contributed by atoms with Crippen molar-refractivity contribution in [2.45, 2.75) is 65.0 Å². The van der Waals surface area contributed by atoms with Crippen molar-refractivity contribution >= 4 is 29.9 Å². The first-order valence-corrected chi connectivity index (χ1v) is 8.40. The highest BCUT2D eigenvalue weighted by Crippen LogP contribution is 2.43. The molecule has 1 aliphatic heterocycles. The summed E-state index contributed by atoms with van der Waals surface area (Å²) in [4.78, 5) is 8.99. The van der Waals surface area contributed by atoms with Gasteiger partial charge in [0.05, 0.1) is 6.54 Å². The molecule has 1 saturated carbocycles. The van der Waals surface area contributed by atoms with E-state index in [9.17, 15) is 0 Å². The molecule has 6 nitrogen and oxygen atoms in total. The molecule has 1 fully saturated rings. The number of guanidine groups is 1. The highest BCUT2D eigenvalue weighted by atomic mass is 127. The molecule has 2 aliphatic rings. The summed E-state index contributed by atoms with van der Waals surface area (Å²) in [6, 6.07) is 0.368. The normalized spacial score (nSPS) is 22.3. The number of aryl methyl sites for hydroxylation is 1. The highest BCUT2D eigenvalue weighted by Gasteiger charge is 2.37. The molecule has 23 heavy (non-hydrogen) atoms. The van der Waals surface area contributed by atoms with Crippen molar-refractivity contribution < 1.29 is 0 Å². The van der Waals surface area contributed by atoms with Crippen molar-refractivity contribution in [2.24, 2.45) is 10.4 Å². The van der Waals surface area contributed by atoms with Gasteiger partial charge in [-0.15, -0.1) is 24.0 Å². The molecule has 1 aromatic heterocycles. The Morgan fingerprint density at radius 3 is 2.78 bits per heavy atom. The van der Waals surface area contributed by atoms with Gasteiger partial charge in [0.2, 0.25) is 0 Å². The molecule has 1 aliphatic carbocycles. The Balaban J connectivity index is 0.00000192. The highest BCUT2D eigenvalue weighted by molar-refractivity contribution is 14.0. The van der Waals surface area contributed by atoms with Crippen LogP contribution in [0.5, 0.6) is 0 Å². The molecule has 130 valence electrons. The van der Waals surface area contributed by atoms with Crippen molar-refractivity contribution in [1.29, 1.82) is 0 Å². The minimum atomic E-state index is 0. The van der Waals surface area contributed by atoms with Gasteiger partial charge in [0.15, 0.2) is 11.8 Å². The van der Waals surface area contributed by atoms with Crippen LogP contribution in [0.4, 0.5) is 0 Å². The smallest absolute Gasteiger partial charge is 0.191 e. The van der Waals surface area contributed by atoms with E-state index in [0.29, 0.717) is 17.4 Å². The Bertz CT molecular complexity index is 561. The Labute approximate surface area is 155 Å². The predicted octanol–water partition coefficient (Wildman–Crippen LogP) is 2.30. The number of aliphatic imine (C=N–C) groups is 1. The lowest BCUT2D eigenvalue weighted by molar-refractivity contribution is 0.390. The van der Waals surface area contributed by atoms with Crippen molar-refractivity contribution in [3.63, 3.8) is 0 Å². The number of nitrogens with one attached hydrogen (secondary N) is 2. The second-order valence-electron chi connectivity index (χ2n) is 7.34. The van der Waals surface area contributed by atoms with E-state index in [1.54, 1.807) is 0 Å². The number of nitrogens with zero attached hydrogens (tertiary/aromatic N) is 4. The fraction of sp³-hybridized carbons (Fsp3) is 0.812. The zero-order valence-corrected chi connectivity index (χ0v) is 16.9. The largest absolute Gasteiger partial charge is 0.356 e. The molecule has 0 spiro atoms. The van der Waals surface area contributed by atoms with Gasteiger partial charge in [-0.25, -0.2) is 9.67 Å². The van der Waals surface area contributed by atoms with Crippen LogP contribution in [0.2, 0.25) is 0 Å². The number of halogens is 1. The summed E-state index contributed by atoms with van der Waals surface area (Å²) in [6.07, 6.45) is 4.70. The van der Waals surface area contributed by atoms with Crippen LogP contribution in [0.3, 0.4) is 0 Å². The van der Waals surface area contributed by atoms with Gasteiger partial charge in [-0.05, 0) is 24.7 Å². The number of rotatable bonds is 4. The van der Waals surface area contributed by atoms with E-state index in [4.69, 9.17) is 0 Å². The third-order valence-corrected chi connectivity index (χ3v) is 4.74. The summed E-state index contributed by atoms with van der Waals surface area (Å²) < 4.78 is 2.06. The third-order valence-electron chi connectivity index (χ3n) is 4.74. The maximum Gasteiger partial charge on any atom is 0.191 e. The molecule has 2 N–H and O–H groups in total. The summed E-state index contributed by atoms with van der Waals surface area (Å²) in [6.45, 7) is 8.48. The van der Waals surface area contributed by atoms with Gasteiger partial charge in [-0.2, -0.15) is 5.10 Å². The average Bonchev–Trinajstić information content (AvgIpc) is 3.07. The molecule has 1 aromatic rings. The van der Waals surface area contributed by atoms with Crippen LogP contribution in [-0.4, -0.2) is 40.4 Å². The lowest BCUT2D eigenvalue weighted by atomic mass is 10.1. The van der Waals surface area contributed by atoms with Crippen LogP contribution in [0.15, 0.2) is 4.99 Å². The van der Waals surface area contributed by atoms with Crippen molar-refractivity contribution in [3.8, 4) is 0 Å². The van der Waals surface area contributed by atoms with Crippen LogP contribution >= 0.6 is 24.0 Å². The Morgan fingerprint density at radius 1 is 1.43 bits per heavy atom. The van der Waals surface area contributed by atoms with Gasteiger partial charge < -0.3 is 10.6 Å². The monoisotopic (exact) mass is 432 g/mol. The second-order valence-corrected chi connectivity index (χ2v) is 7.34. The first-order valence-electron chi connectivity index (χ1n) is 8.40. The van der Waals surface area contributed by atoms with E-state index in [1.807, 2.05) is 7.05 Å². The average molecular weight is 432 g/mol. The van der Waals surface area contributed by atoms with E-state index in [0.717, 1.165) is 43.5 Å². The molecule has 0 saturated heterocycles. The quantitative estimate of drug-likeness (QED) is 0.436. The van der Waals surface area contributed by atoms with Crippen LogP contribution in [0.1, 0.15) is 57.6 Å². The molecular formula is C16H29IN6. The Kier molecular flexibility index (Phi) is 5.91. The zero-order chi connectivity index (χ0) is 15.7. The van der Waals surface area contributed by atoms with E-state index in [-0.39, 0.29) is 24.0 Å². The minimum absolute atomic E-state index is 0. The van der Waals surface area contributed by atoms with Gasteiger partial charge in [0.1, 0.15) is 5.82 Å². The maximum atomic E-state index is 4.64. The molecule has 1 atom stereocenters. The lowest BCUT2D eigenvalue weighted by Crippen LogP contribution is -2.48. The van der Waals surface area contributed by atoms with Crippen LogP contribution < -0.4 is 10.6 Å². The summed E-state index contributed by atoms with van der Waals surface area (Å²) in [7, 11) is 1.84. The van der Waals surface area contributed by atoms with E-state index < -0.39 is 0 Å². The van der Waals surface area contributed by atoms with E-state index >= 15 is 0 Å². The van der Waals surface area contributed by atoms with Crippen molar-refractivity contribution in [1.82, 2.24) is 25.4 Å².